The third-order valence-corrected chi connectivity index (χ3v) is 4.23. The quantitative estimate of drug-likeness (QED) is 0.633. The molecule has 0 aliphatic rings. The number of para-hydroxylation sites is 1. The molecule has 2 N–H and O–H groups in total. The van der Waals surface area contributed by atoms with E-state index in [0.717, 1.165) is 11.1 Å². The van der Waals surface area contributed by atoms with Crippen molar-refractivity contribution in [1.82, 2.24) is 20.4 Å². The number of amides is 2. The summed E-state index contributed by atoms with van der Waals surface area (Å²) in [6.45, 7) is -0.739. The van der Waals surface area contributed by atoms with Crippen LogP contribution in [0, 0.1) is 0 Å². The zero-order valence-electron chi connectivity index (χ0n) is 14.7. The molecular weight excluding hydrogens is 390 g/mol. The fourth-order valence-corrected chi connectivity index (χ4v) is 2.80. The molecule has 3 aromatic rings. The normalized spacial score (nSPS) is 11.0. The number of halogens is 3. The van der Waals surface area contributed by atoms with Crippen molar-refractivity contribution in [3.63, 3.8) is 0 Å². The Kier molecular flexibility index (Phi) is 6.20. The molecule has 1 aromatic heterocycles. The lowest BCUT2D eigenvalue weighted by atomic mass is 10.2. The Morgan fingerprint density at radius 1 is 1.07 bits per heavy atom. The second-order valence-corrected chi connectivity index (χ2v) is 6.46. The molecule has 0 aliphatic carbocycles. The molecule has 0 saturated carbocycles. The average molecular weight is 407 g/mol. The number of fused-ring (bicyclic) bond motifs is 1. The first-order chi connectivity index (χ1) is 13.4. The number of hydrogen-bond donors (Lipinski definition) is 2. The van der Waals surface area contributed by atoms with Gasteiger partial charge in [0.2, 0.25) is 5.91 Å². The van der Waals surface area contributed by atoms with E-state index in [2.05, 4.69) is 10.4 Å². The van der Waals surface area contributed by atoms with Crippen molar-refractivity contribution in [2.24, 2.45) is 0 Å². The standard InChI is InChI=1S/C19H17ClF2N4O2/c20-13-7-5-12(6-8-13)11-26-15-4-2-1-3-14(15)18(25-26)19(28)24-10-17(27)23-9-16(21)22/h1-8,16H,9-11H2,(H,23,27)(H,24,28). The minimum atomic E-state index is -2.65. The average Bonchev–Trinajstić information content (AvgIpc) is 3.05. The molecule has 2 amide bonds. The molecule has 28 heavy (non-hydrogen) atoms. The van der Waals surface area contributed by atoms with Crippen molar-refractivity contribution in [1.29, 1.82) is 0 Å². The lowest BCUT2D eigenvalue weighted by Crippen LogP contribution is -2.38. The molecule has 3 rings (SSSR count). The van der Waals surface area contributed by atoms with Crippen molar-refractivity contribution in [2.75, 3.05) is 13.1 Å². The van der Waals surface area contributed by atoms with Crippen LogP contribution in [-0.4, -0.2) is 41.1 Å². The van der Waals surface area contributed by atoms with Crippen molar-refractivity contribution in [3.05, 3.63) is 64.8 Å². The predicted octanol–water partition coefficient (Wildman–Crippen LogP) is 2.85. The van der Waals surface area contributed by atoms with Gasteiger partial charge >= 0.3 is 0 Å². The highest BCUT2D eigenvalue weighted by atomic mass is 35.5. The van der Waals surface area contributed by atoms with Gasteiger partial charge in [0.25, 0.3) is 12.3 Å². The summed E-state index contributed by atoms with van der Waals surface area (Å²) in [5.74, 6) is -1.25. The zero-order chi connectivity index (χ0) is 20.1. The van der Waals surface area contributed by atoms with Crippen LogP contribution >= 0.6 is 11.6 Å². The lowest BCUT2D eigenvalue weighted by molar-refractivity contribution is -0.120. The number of alkyl halides is 2. The Bertz CT molecular complexity index is 989. The van der Waals surface area contributed by atoms with E-state index in [4.69, 9.17) is 11.6 Å². The fraction of sp³-hybridized carbons (Fsp3) is 0.211. The van der Waals surface area contributed by atoms with Crippen LogP contribution in [0.3, 0.4) is 0 Å². The van der Waals surface area contributed by atoms with Crippen LogP contribution in [0.5, 0.6) is 0 Å². The van der Waals surface area contributed by atoms with E-state index in [0.29, 0.717) is 17.0 Å². The highest BCUT2D eigenvalue weighted by Gasteiger charge is 2.18. The van der Waals surface area contributed by atoms with Gasteiger partial charge in [0.15, 0.2) is 5.69 Å². The second kappa shape index (κ2) is 8.79. The highest BCUT2D eigenvalue weighted by molar-refractivity contribution is 6.30. The summed E-state index contributed by atoms with van der Waals surface area (Å²) in [4.78, 5) is 24.0. The molecule has 6 nitrogen and oxygen atoms in total. The number of carbonyl (C=O) groups is 2. The van der Waals surface area contributed by atoms with E-state index in [1.807, 2.05) is 29.6 Å². The van der Waals surface area contributed by atoms with E-state index in [1.54, 1.807) is 28.9 Å². The number of nitrogens with one attached hydrogen (secondary N) is 2. The molecule has 9 heteroatoms. The summed E-state index contributed by atoms with van der Waals surface area (Å²) in [6, 6.07) is 14.5. The molecule has 0 bridgehead atoms. The van der Waals surface area contributed by atoms with Gasteiger partial charge in [-0.1, -0.05) is 41.9 Å². The molecule has 0 saturated heterocycles. The molecule has 0 unspecified atom stereocenters. The SMILES string of the molecule is O=C(CNC(=O)c1nn(Cc2ccc(Cl)cc2)c2ccccc12)NCC(F)F. The highest BCUT2D eigenvalue weighted by Crippen LogP contribution is 2.20. The summed E-state index contributed by atoms with van der Waals surface area (Å²) in [5, 5.41) is 10.1. The minimum absolute atomic E-state index is 0.159. The van der Waals surface area contributed by atoms with Crippen LogP contribution in [0.15, 0.2) is 48.5 Å². The maximum absolute atomic E-state index is 12.5. The number of carbonyl (C=O) groups excluding carboxylic acids is 2. The van der Waals surface area contributed by atoms with E-state index < -0.39 is 31.3 Å². The molecule has 0 spiro atoms. The van der Waals surface area contributed by atoms with Gasteiger partial charge in [0, 0.05) is 10.4 Å². The van der Waals surface area contributed by atoms with E-state index >= 15 is 0 Å². The van der Waals surface area contributed by atoms with E-state index in [-0.39, 0.29) is 5.69 Å². The van der Waals surface area contributed by atoms with Crippen molar-refractivity contribution in [3.8, 4) is 0 Å². The lowest BCUT2D eigenvalue weighted by Gasteiger charge is -2.05. The minimum Gasteiger partial charge on any atom is -0.349 e. The first-order valence-electron chi connectivity index (χ1n) is 8.47. The first-order valence-corrected chi connectivity index (χ1v) is 8.85. The topological polar surface area (TPSA) is 76.0 Å². The van der Waals surface area contributed by atoms with Crippen molar-refractivity contribution in [2.45, 2.75) is 13.0 Å². The zero-order valence-corrected chi connectivity index (χ0v) is 15.4. The predicted molar refractivity (Wildman–Crippen MR) is 102 cm³/mol. The van der Waals surface area contributed by atoms with Gasteiger partial charge in [-0.2, -0.15) is 5.10 Å². The summed E-state index contributed by atoms with van der Waals surface area (Å²) in [6.07, 6.45) is -2.65. The third kappa shape index (κ3) is 4.83. The van der Waals surface area contributed by atoms with Gasteiger partial charge in [0.1, 0.15) is 0 Å². The van der Waals surface area contributed by atoms with Gasteiger partial charge in [-0.05, 0) is 23.8 Å². The largest absolute Gasteiger partial charge is 0.349 e. The van der Waals surface area contributed by atoms with Crippen molar-refractivity contribution < 1.29 is 18.4 Å². The Balaban J connectivity index is 1.77. The Hall–Kier alpha value is -3.00. The monoisotopic (exact) mass is 406 g/mol. The van der Waals surface area contributed by atoms with Crippen LogP contribution in [0.2, 0.25) is 5.02 Å². The number of hydrogen-bond acceptors (Lipinski definition) is 3. The number of benzene rings is 2. The number of aromatic nitrogens is 2. The maximum atomic E-state index is 12.5. The van der Waals surface area contributed by atoms with Crippen LogP contribution in [0.1, 0.15) is 16.1 Å². The molecule has 0 aliphatic heterocycles. The Morgan fingerprint density at radius 3 is 2.50 bits per heavy atom. The molecule has 2 aromatic carbocycles. The Morgan fingerprint density at radius 2 is 1.79 bits per heavy atom. The molecule has 146 valence electrons. The second-order valence-electron chi connectivity index (χ2n) is 6.03. The Labute approximate surface area is 164 Å². The van der Waals surface area contributed by atoms with Crippen LogP contribution in [0.25, 0.3) is 10.9 Å². The maximum Gasteiger partial charge on any atom is 0.272 e. The summed E-state index contributed by atoms with van der Waals surface area (Å²) in [7, 11) is 0. The molecule has 0 atom stereocenters. The van der Waals surface area contributed by atoms with Gasteiger partial charge in [-0.15, -0.1) is 0 Å². The molecule has 1 heterocycles. The van der Waals surface area contributed by atoms with Crippen molar-refractivity contribution >= 4 is 34.3 Å². The van der Waals surface area contributed by atoms with E-state index in [9.17, 15) is 18.4 Å². The van der Waals surface area contributed by atoms with Gasteiger partial charge < -0.3 is 10.6 Å². The third-order valence-electron chi connectivity index (χ3n) is 3.98. The van der Waals surface area contributed by atoms with Gasteiger partial charge in [-0.3, -0.25) is 14.3 Å². The van der Waals surface area contributed by atoms with Gasteiger partial charge in [-0.25, -0.2) is 8.78 Å². The molecule has 0 radical (unpaired) electrons. The number of nitrogens with zero attached hydrogens (tertiary/aromatic N) is 2. The van der Waals surface area contributed by atoms with E-state index in [1.165, 1.54) is 0 Å². The first kappa shape index (κ1) is 19.8. The summed E-state index contributed by atoms with van der Waals surface area (Å²) < 4.78 is 25.9. The van der Waals surface area contributed by atoms with Crippen LogP contribution < -0.4 is 10.6 Å². The number of rotatable bonds is 7. The summed E-state index contributed by atoms with van der Waals surface area (Å²) in [5.41, 5.74) is 1.87. The fourth-order valence-electron chi connectivity index (χ4n) is 2.68. The summed E-state index contributed by atoms with van der Waals surface area (Å²) >= 11 is 5.91. The smallest absolute Gasteiger partial charge is 0.272 e. The van der Waals surface area contributed by atoms with Crippen LogP contribution in [-0.2, 0) is 11.3 Å². The van der Waals surface area contributed by atoms with Gasteiger partial charge in [0.05, 0.1) is 25.2 Å². The molecule has 0 fully saturated rings. The van der Waals surface area contributed by atoms with Crippen LogP contribution in [0.4, 0.5) is 8.78 Å². The molecular formula is C19H17ClF2N4O2.